The molecule has 174 valence electrons. The Balaban J connectivity index is 1.47. The van der Waals surface area contributed by atoms with Crippen LogP contribution in [0.25, 0.3) is 0 Å². The maximum atomic E-state index is 12.3. The Morgan fingerprint density at radius 2 is 1.87 bits per heavy atom. The highest BCUT2D eigenvalue weighted by atomic mass is 16.1. The van der Waals surface area contributed by atoms with Crippen LogP contribution in [0, 0.1) is 34.5 Å². The number of carbonyl (C=O) groups excluding carboxylic acids is 1. The summed E-state index contributed by atoms with van der Waals surface area (Å²) in [5.74, 6) is 3.49. The topological polar surface area (TPSA) is 32.3 Å². The van der Waals surface area contributed by atoms with Crippen molar-refractivity contribution in [3.8, 4) is 0 Å². The lowest BCUT2D eigenvalue weighted by Gasteiger charge is -2.61. The number of nitrogens with one attached hydrogen (secondary N) is 1. The molecule has 3 heteroatoms. The van der Waals surface area contributed by atoms with E-state index >= 15 is 0 Å². The molecule has 1 N–H and O–H groups in total. The highest BCUT2D eigenvalue weighted by Crippen LogP contribution is 2.66. The van der Waals surface area contributed by atoms with Gasteiger partial charge in [-0.2, -0.15) is 0 Å². The second-order valence-electron chi connectivity index (χ2n) is 12.3. The van der Waals surface area contributed by atoms with Crippen LogP contribution in [0.3, 0.4) is 0 Å². The van der Waals surface area contributed by atoms with Crippen molar-refractivity contribution in [2.45, 2.75) is 98.1 Å². The molecule has 0 aromatic rings. The minimum atomic E-state index is 0.107. The predicted molar refractivity (Wildman–Crippen MR) is 130 cm³/mol. The Hall–Kier alpha value is -1.09. The third kappa shape index (κ3) is 3.94. The van der Waals surface area contributed by atoms with E-state index in [4.69, 9.17) is 0 Å². The second kappa shape index (κ2) is 8.36. The summed E-state index contributed by atoms with van der Waals surface area (Å²) in [5.41, 5.74) is 3.68. The van der Waals surface area contributed by atoms with E-state index in [0.717, 1.165) is 35.7 Å². The van der Waals surface area contributed by atoms with Gasteiger partial charge in [-0.15, -0.1) is 0 Å². The van der Waals surface area contributed by atoms with Crippen LogP contribution < -0.4 is 5.32 Å². The van der Waals surface area contributed by atoms with E-state index in [1.165, 1.54) is 44.9 Å². The van der Waals surface area contributed by atoms with Gasteiger partial charge in [-0.05, 0) is 121 Å². The first-order valence-electron chi connectivity index (χ1n) is 12.9. The molecule has 4 aliphatic rings. The summed E-state index contributed by atoms with van der Waals surface area (Å²) in [6.45, 7) is 11.6. The van der Waals surface area contributed by atoms with Crippen molar-refractivity contribution < 1.29 is 4.79 Å². The van der Waals surface area contributed by atoms with Gasteiger partial charge in [-0.1, -0.05) is 31.1 Å². The number of likely N-dealkylation sites (N-methyl/N-ethyl adjacent to an activating group) is 1. The first-order valence-corrected chi connectivity index (χ1v) is 12.9. The SMILES string of the molecule is CC(C)=CC(=O)N[C@H]1CC[C@@]2(C)[C@H](CC[C@H]3[C@H]2CC[C@]2(C)C([C@H](C)N(C)C)=CC[C@H]32)C1. The first kappa shape index (κ1) is 23.1. The van der Waals surface area contributed by atoms with Gasteiger partial charge < -0.3 is 10.2 Å². The average Bonchev–Trinajstić information content (AvgIpc) is 3.04. The van der Waals surface area contributed by atoms with Crippen molar-refractivity contribution >= 4 is 5.91 Å². The van der Waals surface area contributed by atoms with E-state index in [-0.39, 0.29) is 5.91 Å². The lowest BCUT2D eigenvalue weighted by Crippen LogP contribution is -2.55. The number of amides is 1. The summed E-state index contributed by atoms with van der Waals surface area (Å²) in [7, 11) is 4.46. The van der Waals surface area contributed by atoms with Crippen molar-refractivity contribution in [3.63, 3.8) is 0 Å². The fraction of sp³-hybridized carbons (Fsp3) is 0.821. The van der Waals surface area contributed by atoms with Crippen LogP contribution in [-0.2, 0) is 4.79 Å². The summed E-state index contributed by atoms with van der Waals surface area (Å²) in [4.78, 5) is 14.7. The van der Waals surface area contributed by atoms with Crippen LogP contribution in [0.2, 0.25) is 0 Å². The fourth-order valence-electron chi connectivity index (χ4n) is 8.42. The van der Waals surface area contributed by atoms with Gasteiger partial charge in [-0.3, -0.25) is 4.79 Å². The van der Waals surface area contributed by atoms with E-state index in [0.29, 0.717) is 22.9 Å². The van der Waals surface area contributed by atoms with Gasteiger partial charge in [0.1, 0.15) is 0 Å². The summed E-state index contributed by atoms with van der Waals surface area (Å²) >= 11 is 0. The molecule has 0 bridgehead atoms. The molecule has 0 saturated heterocycles. The van der Waals surface area contributed by atoms with E-state index in [9.17, 15) is 4.79 Å². The summed E-state index contributed by atoms with van der Waals surface area (Å²) in [6.07, 6.45) is 14.8. The standard InChI is InChI=1S/C28H46N2O/c1-18(2)16-26(31)29-21-12-14-27(4)20(17-21)8-9-22-24-11-10-23(19(3)30(6)7)28(24,5)15-13-25(22)27/h10,16,19-22,24-25H,8-9,11-15,17H2,1-7H3,(H,29,31)/t19-,20+,21-,22+,24+,25+,27-,28+/m0/s1. The van der Waals surface area contributed by atoms with Crippen molar-refractivity contribution in [2.24, 2.45) is 34.5 Å². The largest absolute Gasteiger partial charge is 0.350 e. The molecule has 0 radical (unpaired) electrons. The smallest absolute Gasteiger partial charge is 0.244 e. The molecule has 0 aromatic heterocycles. The predicted octanol–water partition coefficient (Wildman–Crippen LogP) is 5.97. The molecule has 1 amide bonds. The third-order valence-corrected chi connectivity index (χ3v) is 10.3. The zero-order valence-corrected chi connectivity index (χ0v) is 21.1. The van der Waals surface area contributed by atoms with Crippen LogP contribution in [0.4, 0.5) is 0 Å². The quantitative estimate of drug-likeness (QED) is 0.444. The molecular formula is C28H46N2O. The molecule has 3 fully saturated rings. The number of rotatable bonds is 4. The van der Waals surface area contributed by atoms with Crippen molar-refractivity contribution in [1.29, 1.82) is 0 Å². The Morgan fingerprint density at radius 3 is 2.55 bits per heavy atom. The zero-order valence-electron chi connectivity index (χ0n) is 21.1. The molecule has 8 atom stereocenters. The van der Waals surface area contributed by atoms with Crippen molar-refractivity contribution in [1.82, 2.24) is 10.2 Å². The lowest BCUT2D eigenvalue weighted by molar-refractivity contribution is -0.121. The maximum absolute atomic E-state index is 12.3. The molecule has 0 aliphatic heterocycles. The maximum Gasteiger partial charge on any atom is 0.244 e. The molecule has 4 aliphatic carbocycles. The van der Waals surface area contributed by atoms with E-state index < -0.39 is 0 Å². The normalized spacial score (nSPS) is 42.7. The molecular weight excluding hydrogens is 380 g/mol. The Morgan fingerprint density at radius 1 is 1.13 bits per heavy atom. The van der Waals surface area contributed by atoms with Gasteiger partial charge in [-0.25, -0.2) is 0 Å². The van der Waals surface area contributed by atoms with E-state index in [1.54, 1.807) is 11.6 Å². The molecule has 3 saturated carbocycles. The average molecular weight is 427 g/mol. The Kier molecular flexibility index (Phi) is 6.22. The fourth-order valence-corrected chi connectivity index (χ4v) is 8.42. The van der Waals surface area contributed by atoms with Crippen LogP contribution in [-0.4, -0.2) is 37.0 Å². The third-order valence-electron chi connectivity index (χ3n) is 10.3. The van der Waals surface area contributed by atoms with Crippen LogP contribution in [0.1, 0.15) is 86.0 Å². The highest BCUT2D eigenvalue weighted by Gasteiger charge is 2.59. The van der Waals surface area contributed by atoms with Crippen molar-refractivity contribution in [2.75, 3.05) is 14.1 Å². The molecule has 0 spiro atoms. The van der Waals surface area contributed by atoms with E-state index in [1.807, 2.05) is 13.8 Å². The number of hydrogen-bond acceptors (Lipinski definition) is 2. The number of hydrogen-bond donors (Lipinski definition) is 1. The van der Waals surface area contributed by atoms with Gasteiger partial charge in [0, 0.05) is 18.2 Å². The summed E-state index contributed by atoms with van der Waals surface area (Å²) in [6, 6.07) is 0.922. The number of fused-ring (bicyclic) bond motifs is 5. The molecule has 31 heavy (non-hydrogen) atoms. The van der Waals surface area contributed by atoms with Crippen LogP contribution in [0.15, 0.2) is 23.3 Å². The van der Waals surface area contributed by atoms with Crippen LogP contribution >= 0.6 is 0 Å². The molecule has 4 rings (SSSR count). The second-order valence-corrected chi connectivity index (χ2v) is 12.3. The monoisotopic (exact) mass is 426 g/mol. The van der Waals surface area contributed by atoms with Crippen LogP contribution in [0.5, 0.6) is 0 Å². The molecule has 0 aromatic carbocycles. The summed E-state index contributed by atoms with van der Waals surface area (Å²) < 4.78 is 0. The number of nitrogens with zero attached hydrogens (tertiary/aromatic N) is 1. The van der Waals surface area contributed by atoms with Gasteiger partial charge >= 0.3 is 0 Å². The molecule has 0 heterocycles. The zero-order chi connectivity index (χ0) is 22.6. The number of allylic oxidation sites excluding steroid dienone is 2. The minimum Gasteiger partial charge on any atom is -0.350 e. The van der Waals surface area contributed by atoms with Gasteiger partial charge in [0.05, 0.1) is 0 Å². The first-order chi connectivity index (χ1) is 14.6. The van der Waals surface area contributed by atoms with Crippen molar-refractivity contribution in [3.05, 3.63) is 23.3 Å². The minimum absolute atomic E-state index is 0.107. The van der Waals surface area contributed by atoms with E-state index in [2.05, 4.69) is 51.2 Å². The Labute approximate surface area is 191 Å². The summed E-state index contributed by atoms with van der Waals surface area (Å²) in [5, 5.41) is 3.32. The molecule has 0 unspecified atom stereocenters. The Bertz CT molecular complexity index is 763. The molecule has 3 nitrogen and oxygen atoms in total. The van der Waals surface area contributed by atoms with Gasteiger partial charge in [0.25, 0.3) is 0 Å². The van der Waals surface area contributed by atoms with Gasteiger partial charge in [0.15, 0.2) is 0 Å². The van der Waals surface area contributed by atoms with Gasteiger partial charge in [0.2, 0.25) is 5.91 Å². The lowest BCUT2D eigenvalue weighted by atomic mass is 9.44. The highest BCUT2D eigenvalue weighted by molar-refractivity contribution is 5.88. The number of carbonyl (C=O) groups is 1.